The van der Waals surface area contributed by atoms with Gasteiger partial charge >= 0.3 is 5.69 Å². The van der Waals surface area contributed by atoms with Gasteiger partial charge in [0.1, 0.15) is 5.75 Å². The van der Waals surface area contributed by atoms with E-state index in [1.807, 2.05) is 42.5 Å². The number of fused-ring (bicyclic) bond motifs is 1. The number of pyridine rings is 1. The summed E-state index contributed by atoms with van der Waals surface area (Å²) < 4.78 is 7.71. The fourth-order valence-electron chi connectivity index (χ4n) is 3.61. The van der Waals surface area contributed by atoms with Crippen molar-refractivity contribution in [2.75, 3.05) is 7.11 Å². The largest absolute Gasteiger partial charge is 0.497 e. The van der Waals surface area contributed by atoms with Crippen molar-refractivity contribution in [3.05, 3.63) is 111 Å². The summed E-state index contributed by atoms with van der Waals surface area (Å²) in [6.45, 7) is 0.440. The summed E-state index contributed by atoms with van der Waals surface area (Å²) in [6.07, 6.45) is 6.90. The van der Waals surface area contributed by atoms with Crippen molar-refractivity contribution in [3.63, 3.8) is 0 Å². The Morgan fingerprint density at radius 3 is 2.50 bits per heavy atom. The summed E-state index contributed by atoms with van der Waals surface area (Å²) in [5.74, 6) is 0.428. The van der Waals surface area contributed by atoms with Gasteiger partial charge in [-0.05, 0) is 53.6 Å². The lowest BCUT2D eigenvalue weighted by molar-refractivity contribution is 0.0951. The molecule has 4 rings (SSSR count). The average molecular weight is 457 g/mol. The number of nitrogens with zero attached hydrogens (tertiary/aromatic N) is 3. The Hall–Kier alpha value is -4.46. The molecule has 2 heterocycles. The number of hydrogen-bond acceptors (Lipinski definition) is 5. The van der Waals surface area contributed by atoms with Crippen LogP contribution in [0, 0.1) is 0 Å². The molecule has 172 valence electrons. The highest BCUT2D eigenvalue weighted by Crippen LogP contribution is 2.13. The zero-order valence-electron chi connectivity index (χ0n) is 18.9. The number of rotatable bonds is 7. The number of methoxy groups -OCH3 is 1. The number of benzene rings is 2. The molecule has 0 saturated heterocycles. The molecule has 0 radical (unpaired) electrons. The first-order valence-electron chi connectivity index (χ1n) is 10.7. The van der Waals surface area contributed by atoms with Crippen LogP contribution in [0.25, 0.3) is 17.0 Å². The molecule has 0 aliphatic heterocycles. The van der Waals surface area contributed by atoms with Crippen LogP contribution in [0.4, 0.5) is 0 Å². The maximum Gasteiger partial charge on any atom is 0.331 e. The molecule has 34 heavy (non-hydrogen) atoms. The molecular formula is C26H24N4O4. The number of aromatic nitrogens is 3. The maximum absolute atomic E-state index is 13.1. The van der Waals surface area contributed by atoms with Gasteiger partial charge in [-0.1, -0.05) is 24.3 Å². The van der Waals surface area contributed by atoms with Crippen molar-refractivity contribution in [2.45, 2.75) is 13.1 Å². The molecule has 0 atom stereocenters. The molecule has 0 aliphatic rings. The van der Waals surface area contributed by atoms with Gasteiger partial charge in [0.25, 0.3) is 11.5 Å². The molecule has 8 nitrogen and oxygen atoms in total. The lowest BCUT2D eigenvalue weighted by Gasteiger charge is -2.11. The summed E-state index contributed by atoms with van der Waals surface area (Å²) in [5, 5.41) is 3.16. The van der Waals surface area contributed by atoms with Crippen LogP contribution in [0.5, 0.6) is 5.75 Å². The van der Waals surface area contributed by atoms with Crippen molar-refractivity contribution in [1.82, 2.24) is 19.4 Å². The number of carbonyl (C=O) groups excluding carboxylic acids is 1. The number of ether oxygens (including phenoxy) is 1. The van der Waals surface area contributed by atoms with E-state index >= 15 is 0 Å². The third kappa shape index (κ3) is 4.80. The summed E-state index contributed by atoms with van der Waals surface area (Å²) in [4.78, 5) is 42.6. The van der Waals surface area contributed by atoms with Gasteiger partial charge in [-0.2, -0.15) is 0 Å². The molecule has 2 aromatic carbocycles. The van der Waals surface area contributed by atoms with Gasteiger partial charge in [-0.25, -0.2) is 4.79 Å². The number of amides is 1. The number of aryl methyl sites for hydroxylation is 1. The fraction of sp³-hybridized carbons (Fsp3) is 0.154. The molecule has 4 aromatic rings. The highest BCUT2D eigenvalue weighted by molar-refractivity contribution is 5.97. The molecule has 0 aliphatic carbocycles. The van der Waals surface area contributed by atoms with E-state index in [4.69, 9.17) is 4.74 Å². The molecule has 0 fully saturated rings. The quantitative estimate of drug-likeness (QED) is 0.461. The van der Waals surface area contributed by atoms with Crippen molar-refractivity contribution in [1.29, 1.82) is 0 Å². The number of hydrogen-bond donors (Lipinski definition) is 1. The highest BCUT2D eigenvalue weighted by atomic mass is 16.5. The predicted molar refractivity (Wildman–Crippen MR) is 131 cm³/mol. The van der Waals surface area contributed by atoms with E-state index in [-0.39, 0.29) is 12.5 Å². The fourth-order valence-corrected chi connectivity index (χ4v) is 3.61. The smallest absolute Gasteiger partial charge is 0.331 e. The minimum Gasteiger partial charge on any atom is -0.497 e. The van der Waals surface area contributed by atoms with Crippen LogP contribution in [0.15, 0.2) is 82.7 Å². The monoisotopic (exact) mass is 456 g/mol. The predicted octanol–water partition coefficient (Wildman–Crippen LogP) is 2.75. The van der Waals surface area contributed by atoms with E-state index < -0.39 is 11.2 Å². The van der Waals surface area contributed by atoms with Gasteiger partial charge in [0.15, 0.2) is 0 Å². The first-order valence-corrected chi connectivity index (χ1v) is 10.7. The van der Waals surface area contributed by atoms with Crippen LogP contribution in [-0.4, -0.2) is 27.1 Å². The van der Waals surface area contributed by atoms with E-state index in [1.54, 1.807) is 44.8 Å². The maximum atomic E-state index is 13.1. The van der Waals surface area contributed by atoms with Crippen LogP contribution >= 0.6 is 0 Å². The van der Waals surface area contributed by atoms with Gasteiger partial charge < -0.3 is 10.1 Å². The Morgan fingerprint density at radius 2 is 1.79 bits per heavy atom. The van der Waals surface area contributed by atoms with Crippen LogP contribution in [0.1, 0.15) is 21.5 Å². The highest BCUT2D eigenvalue weighted by Gasteiger charge is 2.13. The topological polar surface area (TPSA) is 95.2 Å². The Morgan fingerprint density at radius 1 is 1.06 bits per heavy atom. The molecule has 0 bridgehead atoms. The second-order valence-corrected chi connectivity index (χ2v) is 7.70. The van der Waals surface area contributed by atoms with Gasteiger partial charge in [0.05, 0.1) is 18.0 Å². The summed E-state index contributed by atoms with van der Waals surface area (Å²) in [7, 11) is 3.20. The van der Waals surface area contributed by atoms with E-state index in [0.717, 1.165) is 21.4 Å². The van der Waals surface area contributed by atoms with Gasteiger partial charge in [-0.3, -0.25) is 23.7 Å². The van der Waals surface area contributed by atoms with E-state index in [9.17, 15) is 14.4 Å². The molecule has 0 spiro atoms. The van der Waals surface area contributed by atoms with E-state index in [2.05, 4.69) is 10.3 Å². The Bertz CT molecular complexity index is 1470. The van der Waals surface area contributed by atoms with Crippen LogP contribution in [0.3, 0.4) is 0 Å². The molecule has 0 unspecified atom stereocenters. The van der Waals surface area contributed by atoms with Gasteiger partial charge in [0.2, 0.25) is 0 Å². The molecular weight excluding hydrogens is 432 g/mol. The first kappa shape index (κ1) is 22.7. The zero-order valence-corrected chi connectivity index (χ0v) is 18.9. The van der Waals surface area contributed by atoms with Crippen molar-refractivity contribution >= 4 is 22.9 Å². The normalized spacial score (nSPS) is 11.1. The van der Waals surface area contributed by atoms with Crippen molar-refractivity contribution in [2.24, 2.45) is 7.05 Å². The minimum atomic E-state index is -0.442. The zero-order chi connectivity index (χ0) is 24.1. The summed E-state index contributed by atoms with van der Waals surface area (Å²) in [6, 6.07) is 15.8. The van der Waals surface area contributed by atoms with Gasteiger partial charge in [-0.15, -0.1) is 0 Å². The van der Waals surface area contributed by atoms with Crippen LogP contribution < -0.4 is 21.3 Å². The van der Waals surface area contributed by atoms with E-state index in [1.165, 1.54) is 10.6 Å². The average Bonchev–Trinajstić information content (AvgIpc) is 2.88. The molecule has 0 saturated carbocycles. The van der Waals surface area contributed by atoms with Crippen LogP contribution in [0.2, 0.25) is 0 Å². The SMILES string of the molecule is COc1ccc(CNC(=O)c2ccc3c(c2)c(=O)n(C/C=C/c2ccncc2)c(=O)n3C)cc1. The Balaban J connectivity index is 1.59. The second-order valence-electron chi connectivity index (χ2n) is 7.70. The second kappa shape index (κ2) is 9.99. The van der Waals surface area contributed by atoms with Crippen molar-refractivity contribution in [3.8, 4) is 5.75 Å². The number of allylic oxidation sites excluding steroid dienone is 1. The Kier molecular flexibility index (Phi) is 6.68. The molecule has 8 heteroatoms. The van der Waals surface area contributed by atoms with Crippen molar-refractivity contribution < 1.29 is 9.53 Å². The van der Waals surface area contributed by atoms with Gasteiger partial charge in [0, 0.05) is 38.1 Å². The van der Waals surface area contributed by atoms with Crippen LogP contribution in [-0.2, 0) is 20.1 Å². The first-order chi connectivity index (χ1) is 16.5. The number of carbonyl (C=O) groups is 1. The molecule has 1 amide bonds. The Labute approximate surface area is 195 Å². The molecule has 2 aromatic heterocycles. The number of nitrogens with one attached hydrogen (secondary N) is 1. The third-order valence-corrected chi connectivity index (χ3v) is 5.53. The lowest BCUT2D eigenvalue weighted by atomic mass is 10.1. The standard InChI is InChI=1S/C26H24N4O4/c1-29-23-10-7-20(24(31)28-17-19-5-8-21(34-2)9-6-19)16-22(23)25(32)30(26(29)33)15-3-4-18-11-13-27-14-12-18/h3-14,16H,15,17H2,1-2H3,(H,28,31)/b4-3+. The minimum absolute atomic E-state index is 0.109. The summed E-state index contributed by atoms with van der Waals surface area (Å²) >= 11 is 0. The third-order valence-electron chi connectivity index (χ3n) is 5.53. The molecule has 1 N–H and O–H groups in total. The van der Waals surface area contributed by atoms with E-state index in [0.29, 0.717) is 23.0 Å². The lowest BCUT2D eigenvalue weighted by Crippen LogP contribution is -2.38. The summed E-state index contributed by atoms with van der Waals surface area (Å²) in [5.41, 5.74) is 1.78.